The zero-order chi connectivity index (χ0) is 20.2. The van der Waals surface area contributed by atoms with Crippen LogP contribution in [0.15, 0.2) is 36.4 Å². The Bertz CT molecular complexity index is 854. The molecule has 1 aliphatic rings. The molecule has 1 heterocycles. The Kier molecular flexibility index (Phi) is 6.56. The van der Waals surface area contributed by atoms with Crippen LogP contribution in [0.4, 0.5) is 0 Å². The number of phosphoric ester groups is 1. The normalized spacial score (nSPS) is 21.8. The van der Waals surface area contributed by atoms with Gasteiger partial charge < -0.3 is 13.9 Å². The maximum Gasteiger partial charge on any atom is 1.00 e. The fraction of sp³-hybridized carbons (Fsp3) is 0.455. The summed E-state index contributed by atoms with van der Waals surface area (Å²) in [5.74, 6) is 0.598. The van der Waals surface area contributed by atoms with Crippen molar-refractivity contribution in [2.75, 3.05) is 0 Å². The van der Waals surface area contributed by atoms with E-state index in [1.165, 1.54) is 0 Å². The summed E-state index contributed by atoms with van der Waals surface area (Å²) in [7, 11) is -4.51. The predicted octanol–water partition coefficient (Wildman–Crippen LogP) is 2.68. The van der Waals surface area contributed by atoms with E-state index >= 15 is 0 Å². The standard InChI is InChI=1S/C22H29O4P.Na/c1-14-17-12-15(21(2,3)4)8-10-19(17)25-27(23,24)26-20-11-9-16(13-18(14)20)22(5,6)7;/h8-14H,1-7H3,(H,23,24);/q;+1/p-1. The third kappa shape index (κ3) is 4.86. The maximum atomic E-state index is 12.4. The van der Waals surface area contributed by atoms with Gasteiger partial charge >= 0.3 is 37.4 Å². The summed E-state index contributed by atoms with van der Waals surface area (Å²) in [6.45, 7) is 14.9. The van der Waals surface area contributed by atoms with Crippen molar-refractivity contribution in [1.82, 2.24) is 0 Å². The van der Waals surface area contributed by atoms with Crippen LogP contribution < -0.4 is 43.5 Å². The Hall–Kier alpha value is -0.770. The van der Waals surface area contributed by atoms with E-state index in [1.807, 2.05) is 12.1 Å². The molecule has 2 aromatic carbocycles. The van der Waals surface area contributed by atoms with Crippen molar-refractivity contribution < 1.29 is 48.1 Å². The van der Waals surface area contributed by atoms with Crippen molar-refractivity contribution in [3.8, 4) is 11.5 Å². The summed E-state index contributed by atoms with van der Waals surface area (Å²) >= 11 is 0. The number of benzene rings is 2. The second-order valence-electron chi connectivity index (χ2n) is 9.36. The van der Waals surface area contributed by atoms with Gasteiger partial charge in [0.15, 0.2) is 0 Å². The van der Waals surface area contributed by atoms with Gasteiger partial charge in [0.1, 0.15) is 11.5 Å². The first kappa shape index (κ1) is 23.5. The van der Waals surface area contributed by atoms with E-state index < -0.39 is 7.82 Å². The van der Waals surface area contributed by atoms with Crippen LogP contribution in [0.1, 0.15) is 76.6 Å². The molecule has 146 valence electrons. The summed E-state index contributed by atoms with van der Waals surface area (Å²) < 4.78 is 23.0. The molecule has 28 heavy (non-hydrogen) atoms. The Labute approximate surface area is 190 Å². The fourth-order valence-electron chi connectivity index (χ4n) is 3.30. The summed E-state index contributed by atoms with van der Waals surface area (Å²) in [6, 6.07) is 11.4. The zero-order valence-electron chi connectivity index (χ0n) is 18.1. The van der Waals surface area contributed by atoms with Crippen molar-refractivity contribution in [1.29, 1.82) is 0 Å². The number of hydrogen-bond acceptors (Lipinski definition) is 4. The summed E-state index contributed by atoms with van der Waals surface area (Å²) in [4.78, 5) is 12.4. The van der Waals surface area contributed by atoms with Crippen molar-refractivity contribution >= 4 is 7.82 Å². The molecular formula is C22H28NaO4P. The summed E-state index contributed by atoms with van der Waals surface area (Å²) in [5, 5.41) is 0. The van der Waals surface area contributed by atoms with Crippen LogP contribution >= 0.6 is 7.82 Å². The van der Waals surface area contributed by atoms with Crippen LogP contribution in [-0.4, -0.2) is 0 Å². The number of hydrogen-bond donors (Lipinski definition) is 0. The van der Waals surface area contributed by atoms with Gasteiger partial charge in [0, 0.05) is 17.0 Å². The van der Waals surface area contributed by atoms with Crippen LogP contribution in [0.2, 0.25) is 0 Å². The van der Waals surface area contributed by atoms with E-state index in [2.05, 4.69) is 60.6 Å². The van der Waals surface area contributed by atoms with Gasteiger partial charge in [-0.2, -0.15) is 0 Å². The zero-order valence-corrected chi connectivity index (χ0v) is 21.0. The molecule has 0 atom stereocenters. The molecule has 0 aliphatic carbocycles. The average molecular weight is 410 g/mol. The quantitative estimate of drug-likeness (QED) is 0.495. The van der Waals surface area contributed by atoms with E-state index in [-0.39, 0.29) is 46.3 Å². The monoisotopic (exact) mass is 410 g/mol. The van der Waals surface area contributed by atoms with Crippen LogP contribution in [0.25, 0.3) is 0 Å². The molecule has 0 fully saturated rings. The van der Waals surface area contributed by atoms with Gasteiger partial charge in [0.25, 0.3) is 0 Å². The van der Waals surface area contributed by atoms with E-state index in [1.54, 1.807) is 12.1 Å². The molecule has 0 spiro atoms. The number of rotatable bonds is 0. The summed E-state index contributed by atoms with van der Waals surface area (Å²) in [5.41, 5.74) is 3.87. The number of phosphoric acid groups is 1. The molecule has 6 heteroatoms. The molecule has 0 saturated carbocycles. The van der Waals surface area contributed by atoms with Crippen LogP contribution in [0.5, 0.6) is 11.5 Å². The molecule has 3 rings (SSSR count). The van der Waals surface area contributed by atoms with Crippen molar-refractivity contribution in [3.05, 3.63) is 58.7 Å². The minimum absolute atomic E-state index is 0. The SMILES string of the molecule is CC1c2cc(C(C)(C)C)ccc2OP(=O)([O-])Oc2ccc(C(C)(C)C)cc21.[Na+]. The van der Waals surface area contributed by atoms with E-state index in [0.717, 1.165) is 22.3 Å². The second-order valence-corrected chi connectivity index (χ2v) is 10.6. The molecule has 0 amide bonds. The molecule has 4 nitrogen and oxygen atoms in total. The van der Waals surface area contributed by atoms with Gasteiger partial charge in [0.05, 0.1) is 0 Å². The first-order valence-corrected chi connectivity index (χ1v) is 10.7. The van der Waals surface area contributed by atoms with Gasteiger partial charge in [-0.25, -0.2) is 4.57 Å². The third-order valence-corrected chi connectivity index (χ3v) is 5.95. The first-order valence-electron chi connectivity index (χ1n) is 9.27. The average Bonchev–Trinajstić information content (AvgIpc) is 2.51. The predicted molar refractivity (Wildman–Crippen MR) is 107 cm³/mol. The fourth-order valence-corrected chi connectivity index (χ4v) is 4.15. The topological polar surface area (TPSA) is 58.6 Å². The molecule has 0 N–H and O–H groups in total. The Morgan fingerprint density at radius 1 is 0.821 bits per heavy atom. The van der Waals surface area contributed by atoms with Crippen LogP contribution in [-0.2, 0) is 15.4 Å². The molecule has 0 bridgehead atoms. The largest absolute Gasteiger partial charge is 1.00 e. The molecule has 0 radical (unpaired) electrons. The maximum absolute atomic E-state index is 12.4. The Morgan fingerprint density at radius 2 is 1.18 bits per heavy atom. The molecule has 0 unspecified atom stereocenters. The van der Waals surface area contributed by atoms with Crippen LogP contribution in [0.3, 0.4) is 0 Å². The Balaban J connectivity index is 0.00000280. The van der Waals surface area contributed by atoms with E-state index in [4.69, 9.17) is 9.05 Å². The van der Waals surface area contributed by atoms with Crippen molar-refractivity contribution in [2.24, 2.45) is 0 Å². The molecule has 0 aromatic heterocycles. The smallest absolute Gasteiger partial charge is 0.736 e. The van der Waals surface area contributed by atoms with Crippen molar-refractivity contribution in [3.63, 3.8) is 0 Å². The van der Waals surface area contributed by atoms with Gasteiger partial charge in [-0.05, 0) is 34.1 Å². The van der Waals surface area contributed by atoms with E-state index in [0.29, 0.717) is 11.5 Å². The molecule has 1 aliphatic heterocycles. The van der Waals surface area contributed by atoms with Gasteiger partial charge in [-0.15, -0.1) is 0 Å². The second kappa shape index (κ2) is 7.81. The minimum atomic E-state index is -4.51. The Morgan fingerprint density at radius 3 is 1.50 bits per heavy atom. The van der Waals surface area contributed by atoms with Crippen LogP contribution in [0, 0.1) is 0 Å². The molecule has 0 saturated heterocycles. The number of fused-ring (bicyclic) bond motifs is 2. The van der Waals surface area contributed by atoms with Gasteiger partial charge in [-0.3, -0.25) is 0 Å². The third-order valence-electron chi connectivity index (χ3n) is 5.10. The summed E-state index contributed by atoms with van der Waals surface area (Å²) in [6.07, 6.45) is 0. The van der Waals surface area contributed by atoms with Gasteiger partial charge in [0.2, 0.25) is 0 Å². The molecular weight excluding hydrogens is 382 g/mol. The molecule has 2 aromatic rings. The van der Waals surface area contributed by atoms with Crippen molar-refractivity contribution in [2.45, 2.75) is 65.2 Å². The first-order chi connectivity index (χ1) is 12.3. The van der Waals surface area contributed by atoms with E-state index in [9.17, 15) is 9.46 Å². The minimum Gasteiger partial charge on any atom is -0.736 e. The van der Waals surface area contributed by atoms with Gasteiger partial charge in [-0.1, -0.05) is 72.7 Å².